The minimum absolute atomic E-state index is 0.0736. The molecule has 2 aliphatic rings. The van der Waals surface area contributed by atoms with E-state index in [0.717, 1.165) is 47.6 Å². The molecule has 0 amide bonds. The average Bonchev–Trinajstić information content (AvgIpc) is 3.32. The Morgan fingerprint density at radius 1 is 1.27 bits per heavy atom. The number of aromatic nitrogens is 2. The highest BCUT2D eigenvalue weighted by Gasteiger charge is 2.51. The highest BCUT2D eigenvalue weighted by Crippen LogP contribution is 2.56. The lowest BCUT2D eigenvalue weighted by molar-refractivity contribution is -0.0687. The second kappa shape index (κ2) is 7.04. The highest BCUT2D eigenvalue weighted by atomic mass is 35.5. The van der Waals surface area contributed by atoms with Crippen LogP contribution in [-0.2, 0) is 12.1 Å². The predicted molar refractivity (Wildman–Crippen MR) is 120 cm³/mol. The summed E-state index contributed by atoms with van der Waals surface area (Å²) in [5.41, 5.74) is 3.09. The van der Waals surface area contributed by atoms with E-state index in [1.54, 1.807) is 12.1 Å². The van der Waals surface area contributed by atoms with Crippen molar-refractivity contribution < 1.29 is 9.50 Å². The monoisotopic (exact) mass is 442 g/mol. The molecule has 3 atom stereocenters. The molecule has 0 spiro atoms. The second-order valence-corrected chi connectivity index (χ2v) is 10.6. The van der Waals surface area contributed by atoms with E-state index >= 15 is 0 Å². The van der Waals surface area contributed by atoms with E-state index in [-0.39, 0.29) is 17.2 Å². The van der Waals surface area contributed by atoms with E-state index in [9.17, 15) is 9.50 Å². The van der Waals surface area contributed by atoms with E-state index in [1.165, 1.54) is 29.0 Å². The van der Waals surface area contributed by atoms with Gasteiger partial charge in [0.05, 0.1) is 27.7 Å². The van der Waals surface area contributed by atoms with Crippen LogP contribution in [0.5, 0.6) is 0 Å². The number of rotatable bonds is 3. The van der Waals surface area contributed by atoms with Gasteiger partial charge in [0, 0.05) is 28.3 Å². The summed E-state index contributed by atoms with van der Waals surface area (Å²) in [5, 5.41) is 11.6. The molecule has 30 heavy (non-hydrogen) atoms. The Kier molecular flexibility index (Phi) is 4.69. The topological polar surface area (TPSA) is 38.0 Å². The van der Waals surface area contributed by atoms with E-state index in [0.29, 0.717) is 4.34 Å². The number of thiophene rings is 1. The van der Waals surface area contributed by atoms with E-state index in [2.05, 4.69) is 22.6 Å². The van der Waals surface area contributed by atoms with Crippen molar-refractivity contribution in [1.82, 2.24) is 9.55 Å². The van der Waals surface area contributed by atoms with Gasteiger partial charge >= 0.3 is 0 Å². The maximum absolute atomic E-state index is 13.4. The first-order chi connectivity index (χ1) is 14.3. The first kappa shape index (κ1) is 20.0. The SMILES string of the molecule is CC12Cn3cnc(-c4ccc(F)cc4)c3C=C1CCCC2C(C)(O)c1ccc(Cl)s1. The molecule has 1 N–H and O–H groups in total. The lowest BCUT2D eigenvalue weighted by Gasteiger charge is -2.51. The minimum atomic E-state index is -0.954. The molecule has 0 bridgehead atoms. The van der Waals surface area contributed by atoms with Crippen LogP contribution in [-0.4, -0.2) is 14.7 Å². The summed E-state index contributed by atoms with van der Waals surface area (Å²) in [6.07, 6.45) is 7.14. The van der Waals surface area contributed by atoms with Gasteiger partial charge in [-0.05, 0) is 68.7 Å². The summed E-state index contributed by atoms with van der Waals surface area (Å²) in [4.78, 5) is 5.57. The van der Waals surface area contributed by atoms with Crippen molar-refractivity contribution in [3.63, 3.8) is 0 Å². The number of halogens is 2. The van der Waals surface area contributed by atoms with Gasteiger partial charge in [-0.2, -0.15) is 0 Å². The molecule has 0 saturated heterocycles. The van der Waals surface area contributed by atoms with E-state index in [4.69, 9.17) is 11.6 Å². The number of aliphatic hydroxyl groups is 1. The maximum atomic E-state index is 13.4. The summed E-state index contributed by atoms with van der Waals surface area (Å²) in [5.74, 6) is -0.173. The predicted octanol–water partition coefficient (Wildman–Crippen LogP) is 6.52. The van der Waals surface area contributed by atoms with Gasteiger partial charge in [0.15, 0.2) is 0 Å². The molecule has 1 aliphatic carbocycles. The number of nitrogens with zero attached hydrogens (tertiary/aromatic N) is 2. The molecule has 6 heteroatoms. The number of hydrogen-bond donors (Lipinski definition) is 1. The molecule has 3 heterocycles. The largest absolute Gasteiger partial charge is 0.384 e. The van der Waals surface area contributed by atoms with Gasteiger partial charge in [-0.15, -0.1) is 11.3 Å². The molecule has 1 aliphatic heterocycles. The van der Waals surface area contributed by atoms with E-state index < -0.39 is 5.60 Å². The molecule has 1 aromatic carbocycles. The molecule has 3 nitrogen and oxygen atoms in total. The quantitative estimate of drug-likeness (QED) is 0.501. The summed E-state index contributed by atoms with van der Waals surface area (Å²) in [6.45, 7) is 4.97. The standard InChI is InChI=1S/C24H24ClFN2OS/c1-23-13-28-14-27-22(15-6-8-17(26)9-7-15)18(28)12-16(23)4-3-5-19(23)24(2,29)20-10-11-21(25)30-20/h6-12,14,19,29H,3-5,13H2,1-2H3. The van der Waals surface area contributed by atoms with Gasteiger partial charge < -0.3 is 9.67 Å². The lowest BCUT2D eigenvalue weighted by atomic mass is 9.58. The van der Waals surface area contributed by atoms with Crippen LogP contribution in [0.4, 0.5) is 4.39 Å². The van der Waals surface area contributed by atoms with Crippen LogP contribution in [0.3, 0.4) is 0 Å². The molecule has 3 unspecified atom stereocenters. The summed E-state index contributed by atoms with van der Waals surface area (Å²) in [7, 11) is 0. The van der Waals surface area contributed by atoms with Crippen LogP contribution in [0.1, 0.15) is 43.7 Å². The summed E-state index contributed by atoms with van der Waals surface area (Å²) in [6, 6.07) is 10.3. The second-order valence-electron chi connectivity index (χ2n) is 8.90. The third-order valence-corrected chi connectivity index (χ3v) is 8.46. The number of imidazole rings is 1. The molecular formula is C24H24ClFN2OS. The van der Waals surface area contributed by atoms with Gasteiger partial charge in [-0.3, -0.25) is 0 Å². The fourth-order valence-electron chi connectivity index (χ4n) is 5.45. The normalized spacial score (nSPS) is 25.2. The zero-order valence-corrected chi connectivity index (χ0v) is 18.6. The fourth-order valence-corrected chi connectivity index (χ4v) is 6.59. The Labute approximate surface area is 184 Å². The summed E-state index contributed by atoms with van der Waals surface area (Å²) >= 11 is 7.64. The van der Waals surface area contributed by atoms with Crippen LogP contribution in [0.25, 0.3) is 17.3 Å². The van der Waals surface area contributed by atoms with Crippen molar-refractivity contribution in [2.45, 2.75) is 45.3 Å². The Hall–Kier alpha value is -1.95. The van der Waals surface area contributed by atoms with Gasteiger partial charge in [-0.25, -0.2) is 9.37 Å². The number of benzene rings is 1. The van der Waals surface area contributed by atoms with Crippen molar-refractivity contribution in [2.75, 3.05) is 0 Å². The first-order valence-electron chi connectivity index (χ1n) is 10.3. The van der Waals surface area contributed by atoms with Crippen LogP contribution < -0.4 is 0 Å². The Morgan fingerprint density at radius 3 is 2.73 bits per heavy atom. The Balaban J connectivity index is 1.56. The molecule has 5 rings (SSSR count). The molecule has 1 saturated carbocycles. The zero-order valence-electron chi connectivity index (χ0n) is 17.0. The first-order valence-corrected chi connectivity index (χ1v) is 11.5. The molecule has 0 radical (unpaired) electrons. The van der Waals surface area contributed by atoms with E-state index in [1.807, 2.05) is 25.4 Å². The smallest absolute Gasteiger partial charge is 0.123 e. The molecule has 3 aromatic rings. The van der Waals surface area contributed by atoms with Gasteiger partial charge in [0.25, 0.3) is 0 Å². The average molecular weight is 443 g/mol. The number of allylic oxidation sites excluding steroid dienone is 1. The third kappa shape index (κ3) is 3.06. The van der Waals surface area contributed by atoms with Gasteiger partial charge in [0.1, 0.15) is 5.82 Å². The fraction of sp³-hybridized carbons (Fsp3) is 0.375. The molecular weight excluding hydrogens is 419 g/mol. The van der Waals surface area contributed by atoms with Crippen LogP contribution in [0.15, 0.2) is 48.3 Å². The third-order valence-electron chi connectivity index (χ3n) is 7.00. The Morgan fingerprint density at radius 2 is 2.03 bits per heavy atom. The van der Waals surface area contributed by atoms with Crippen molar-refractivity contribution in [1.29, 1.82) is 0 Å². The lowest BCUT2D eigenvalue weighted by Crippen LogP contribution is -2.48. The van der Waals surface area contributed by atoms with Gasteiger partial charge in [0.2, 0.25) is 0 Å². The maximum Gasteiger partial charge on any atom is 0.123 e. The van der Waals surface area contributed by atoms with Crippen LogP contribution >= 0.6 is 22.9 Å². The highest BCUT2D eigenvalue weighted by molar-refractivity contribution is 7.16. The molecule has 1 fully saturated rings. The van der Waals surface area contributed by atoms with Crippen molar-refractivity contribution in [3.8, 4) is 11.3 Å². The van der Waals surface area contributed by atoms with Crippen molar-refractivity contribution in [3.05, 3.63) is 69.0 Å². The number of hydrogen-bond acceptors (Lipinski definition) is 3. The molecule has 156 valence electrons. The minimum Gasteiger partial charge on any atom is -0.384 e. The van der Waals surface area contributed by atoms with Crippen molar-refractivity contribution >= 4 is 29.0 Å². The van der Waals surface area contributed by atoms with Crippen molar-refractivity contribution in [2.24, 2.45) is 11.3 Å². The van der Waals surface area contributed by atoms with Gasteiger partial charge in [-0.1, -0.05) is 24.1 Å². The number of fused-ring (bicyclic) bond motifs is 2. The van der Waals surface area contributed by atoms with Crippen LogP contribution in [0.2, 0.25) is 4.34 Å². The molecule has 2 aromatic heterocycles. The van der Waals surface area contributed by atoms with Crippen LogP contribution in [0, 0.1) is 17.2 Å². The zero-order chi connectivity index (χ0) is 21.1. The summed E-state index contributed by atoms with van der Waals surface area (Å²) < 4.78 is 16.2. The Bertz CT molecular complexity index is 1130.